The van der Waals surface area contributed by atoms with E-state index in [0.717, 1.165) is 32.3 Å². The Morgan fingerprint density at radius 2 is 1.81 bits per heavy atom. The number of benzene rings is 1. The summed E-state index contributed by atoms with van der Waals surface area (Å²) in [6.45, 7) is 6.64. The van der Waals surface area contributed by atoms with Crippen molar-refractivity contribution >= 4 is 14.2 Å². The van der Waals surface area contributed by atoms with Crippen molar-refractivity contribution in [3.63, 3.8) is 0 Å². The zero-order valence-corrected chi connectivity index (χ0v) is 11.2. The van der Waals surface area contributed by atoms with Gasteiger partial charge in [0.25, 0.3) is 0 Å². The molecule has 1 aromatic carbocycles. The maximum atomic E-state index is 5.95. The molecule has 0 amide bonds. The number of hydrogen-bond acceptors (Lipinski definition) is 2. The summed E-state index contributed by atoms with van der Waals surface area (Å²) in [6, 6.07) is 11.7. The standard InChI is InChI=1S/C13H21O2Si/c1-3-14-11-8-12-15-16(4-2)13-9-6-5-7-10-13/h5-7,9-10H,3-4,8,11-12H2,1-2H3. The zero-order valence-electron chi connectivity index (χ0n) is 10.2. The summed E-state index contributed by atoms with van der Waals surface area (Å²) >= 11 is 0. The molecule has 0 aliphatic rings. The van der Waals surface area contributed by atoms with Gasteiger partial charge in [-0.1, -0.05) is 37.3 Å². The SMILES string of the molecule is CCOCCCO[Si](CC)c1ccccc1. The van der Waals surface area contributed by atoms with E-state index in [0.29, 0.717) is 0 Å². The monoisotopic (exact) mass is 237 g/mol. The van der Waals surface area contributed by atoms with Crippen LogP contribution in [0.15, 0.2) is 30.3 Å². The Hall–Kier alpha value is -0.643. The molecule has 0 aliphatic carbocycles. The van der Waals surface area contributed by atoms with Gasteiger partial charge in [-0.2, -0.15) is 0 Å². The van der Waals surface area contributed by atoms with Gasteiger partial charge in [0.05, 0.1) is 0 Å². The summed E-state index contributed by atoms with van der Waals surface area (Å²) in [5.74, 6) is 0. The summed E-state index contributed by atoms with van der Waals surface area (Å²) in [5.41, 5.74) is 0. The average Bonchev–Trinajstić information content (AvgIpc) is 2.35. The molecule has 1 rings (SSSR count). The summed E-state index contributed by atoms with van der Waals surface area (Å²) in [4.78, 5) is 0. The minimum absolute atomic E-state index is 0.796. The molecule has 0 heterocycles. The number of ether oxygens (including phenoxy) is 1. The van der Waals surface area contributed by atoms with Gasteiger partial charge in [-0.3, -0.25) is 0 Å². The third-order valence-electron chi connectivity index (χ3n) is 2.33. The van der Waals surface area contributed by atoms with E-state index in [2.05, 4.69) is 31.2 Å². The maximum Gasteiger partial charge on any atom is 0.246 e. The van der Waals surface area contributed by atoms with Crippen molar-refractivity contribution in [2.24, 2.45) is 0 Å². The van der Waals surface area contributed by atoms with Crippen LogP contribution in [0.25, 0.3) is 0 Å². The summed E-state index contributed by atoms with van der Waals surface area (Å²) in [5, 5.41) is 1.37. The predicted octanol–water partition coefficient (Wildman–Crippen LogP) is 2.35. The Morgan fingerprint density at radius 1 is 1.06 bits per heavy atom. The van der Waals surface area contributed by atoms with Crippen molar-refractivity contribution in [3.05, 3.63) is 30.3 Å². The van der Waals surface area contributed by atoms with Gasteiger partial charge in [-0.05, 0) is 24.6 Å². The lowest BCUT2D eigenvalue weighted by Gasteiger charge is -2.13. The van der Waals surface area contributed by atoms with Crippen molar-refractivity contribution in [2.75, 3.05) is 19.8 Å². The van der Waals surface area contributed by atoms with Crippen LogP contribution in [0.4, 0.5) is 0 Å². The fraction of sp³-hybridized carbons (Fsp3) is 0.538. The molecule has 0 aromatic heterocycles. The maximum absolute atomic E-state index is 5.95. The molecule has 0 N–H and O–H groups in total. The fourth-order valence-electron chi connectivity index (χ4n) is 1.51. The Morgan fingerprint density at radius 3 is 2.44 bits per heavy atom. The Kier molecular flexibility index (Phi) is 7.13. The fourth-order valence-corrected chi connectivity index (χ4v) is 3.25. The lowest BCUT2D eigenvalue weighted by Crippen LogP contribution is -2.33. The highest BCUT2D eigenvalue weighted by Gasteiger charge is 2.12. The molecule has 16 heavy (non-hydrogen) atoms. The zero-order chi connectivity index (χ0) is 11.6. The van der Waals surface area contributed by atoms with Crippen LogP contribution in [0.5, 0.6) is 0 Å². The van der Waals surface area contributed by atoms with Gasteiger partial charge in [0.2, 0.25) is 9.04 Å². The Bertz CT molecular complexity index is 264. The topological polar surface area (TPSA) is 18.5 Å². The van der Waals surface area contributed by atoms with Gasteiger partial charge in [0.1, 0.15) is 0 Å². The van der Waals surface area contributed by atoms with Gasteiger partial charge < -0.3 is 9.16 Å². The van der Waals surface area contributed by atoms with E-state index in [-0.39, 0.29) is 0 Å². The summed E-state index contributed by atoms with van der Waals surface area (Å²) < 4.78 is 11.2. The normalized spacial score (nSPS) is 10.9. The molecule has 0 bridgehead atoms. The lowest BCUT2D eigenvalue weighted by atomic mass is 10.4. The van der Waals surface area contributed by atoms with Crippen LogP contribution in [0.1, 0.15) is 20.3 Å². The Labute approximate surface area is 100 Å². The number of hydrogen-bond donors (Lipinski definition) is 0. The first-order chi connectivity index (χ1) is 7.88. The highest BCUT2D eigenvalue weighted by molar-refractivity contribution is 6.67. The molecule has 0 saturated carbocycles. The Balaban J connectivity index is 2.27. The first-order valence-corrected chi connectivity index (χ1v) is 7.61. The molecular formula is C13H21O2Si. The van der Waals surface area contributed by atoms with Gasteiger partial charge in [0.15, 0.2) is 0 Å². The third-order valence-corrected chi connectivity index (χ3v) is 4.50. The van der Waals surface area contributed by atoms with E-state index >= 15 is 0 Å². The van der Waals surface area contributed by atoms with Gasteiger partial charge >= 0.3 is 0 Å². The summed E-state index contributed by atoms with van der Waals surface area (Å²) in [6.07, 6.45) is 0.995. The molecule has 3 heteroatoms. The van der Waals surface area contributed by atoms with Crippen molar-refractivity contribution in [1.29, 1.82) is 0 Å². The number of rotatable bonds is 8. The largest absolute Gasteiger partial charge is 0.412 e. The van der Waals surface area contributed by atoms with Gasteiger partial charge in [0, 0.05) is 19.8 Å². The van der Waals surface area contributed by atoms with E-state index in [9.17, 15) is 0 Å². The van der Waals surface area contributed by atoms with Crippen molar-refractivity contribution in [1.82, 2.24) is 0 Å². The van der Waals surface area contributed by atoms with Gasteiger partial charge in [-0.25, -0.2) is 0 Å². The summed E-state index contributed by atoms with van der Waals surface area (Å²) in [7, 11) is -0.804. The van der Waals surface area contributed by atoms with Crippen LogP contribution in [-0.2, 0) is 9.16 Å². The van der Waals surface area contributed by atoms with Crippen LogP contribution in [0.3, 0.4) is 0 Å². The molecule has 1 aromatic rings. The van der Waals surface area contributed by atoms with E-state index < -0.39 is 9.04 Å². The molecule has 0 atom stereocenters. The molecule has 1 radical (unpaired) electrons. The van der Waals surface area contributed by atoms with E-state index in [1.807, 2.05) is 13.0 Å². The van der Waals surface area contributed by atoms with Crippen molar-refractivity contribution < 1.29 is 9.16 Å². The van der Waals surface area contributed by atoms with Crippen LogP contribution < -0.4 is 5.19 Å². The molecule has 89 valence electrons. The highest BCUT2D eigenvalue weighted by Crippen LogP contribution is 1.98. The predicted molar refractivity (Wildman–Crippen MR) is 69.4 cm³/mol. The van der Waals surface area contributed by atoms with Crippen LogP contribution >= 0.6 is 0 Å². The molecule has 0 fully saturated rings. The van der Waals surface area contributed by atoms with E-state index in [4.69, 9.17) is 9.16 Å². The molecular weight excluding hydrogens is 216 g/mol. The second-order valence-electron chi connectivity index (χ2n) is 3.54. The van der Waals surface area contributed by atoms with Crippen molar-refractivity contribution in [2.45, 2.75) is 26.3 Å². The molecule has 2 nitrogen and oxygen atoms in total. The van der Waals surface area contributed by atoms with Crippen LogP contribution in [0.2, 0.25) is 6.04 Å². The van der Waals surface area contributed by atoms with E-state index in [1.165, 1.54) is 5.19 Å². The van der Waals surface area contributed by atoms with Crippen LogP contribution in [0, 0.1) is 0 Å². The van der Waals surface area contributed by atoms with Gasteiger partial charge in [-0.15, -0.1) is 0 Å². The average molecular weight is 237 g/mol. The minimum atomic E-state index is -0.804. The highest BCUT2D eigenvalue weighted by atomic mass is 28.3. The molecule has 0 unspecified atom stereocenters. The first kappa shape index (κ1) is 13.4. The molecule has 0 aliphatic heterocycles. The third kappa shape index (κ3) is 4.92. The second kappa shape index (κ2) is 8.50. The first-order valence-electron chi connectivity index (χ1n) is 6.00. The molecule has 0 spiro atoms. The van der Waals surface area contributed by atoms with E-state index in [1.54, 1.807) is 0 Å². The van der Waals surface area contributed by atoms with Crippen LogP contribution in [-0.4, -0.2) is 28.9 Å². The second-order valence-corrected chi connectivity index (χ2v) is 5.96. The lowest BCUT2D eigenvalue weighted by molar-refractivity contribution is 0.131. The quantitative estimate of drug-likeness (QED) is 0.510. The smallest absolute Gasteiger partial charge is 0.246 e. The molecule has 0 saturated heterocycles. The minimum Gasteiger partial charge on any atom is -0.412 e. The van der Waals surface area contributed by atoms with Crippen molar-refractivity contribution in [3.8, 4) is 0 Å².